The van der Waals surface area contributed by atoms with Gasteiger partial charge in [-0.2, -0.15) is 0 Å². The van der Waals surface area contributed by atoms with Gasteiger partial charge in [0.1, 0.15) is 10.4 Å². The van der Waals surface area contributed by atoms with Gasteiger partial charge in [0.25, 0.3) is 0 Å². The van der Waals surface area contributed by atoms with Gasteiger partial charge < -0.3 is 9.72 Å². The van der Waals surface area contributed by atoms with Crippen molar-refractivity contribution in [1.29, 1.82) is 0 Å². The lowest BCUT2D eigenvalue weighted by molar-refractivity contribution is 0.318. The maximum absolute atomic E-state index is 5.73. The molecule has 0 unspecified atom stereocenters. The number of nitrogens with one attached hydrogen (secondary N) is 1. The van der Waals surface area contributed by atoms with Crippen molar-refractivity contribution in [3.63, 3.8) is 0 Å². The van der Waals surface area contributed by atoms with E-state index >= 15 is 0 Å². The molecule has 0 spiro atoms. The number of aromatic nitrogens is 1. The van der Waals surface area contributed by atoms with Gasteiger partial charge in [0.15, 0.2) is 0 Å². The standard InChI is InChI=1S/C14H15NOS/c1-2-10-16-13-8-4-3-6-11(13)12-7-5-9-14(17)15-12/h3-9H,2,10H2,1H3,(H,15,17). The van der Waals surface area contributed by atoms with Crippen LogP contribution in [0.1, 0.15) is 13.3 Å². The molecular formula is C14H15NOS. The van der Waals surface area contributed by atoms with E-state index in [4.69, 9.17) is 17.0 Å². The van der Waals surface area contributed by atoms with Gasteiger partial charge in [0.2, 0.25) is 0 Å². The van der Waals surface area contributed by atoms with E-state index < -0.39 is 0 Å². The minimum Gasteiger partial charge on any atom is -0.493 e. The second-order valence-corrected chi connectivity index (χ2v) is 4.21. The topological polar surface area (TPSA) is 25.0 Å². The van der Waals surface area contributed by atoms with Crippen molar-refractivity contribution in [2.75, 3.05) is 6.61 Å². The van der Waals surface area contributed by atoms with Crippen molar-refractivity contribution >= 4 is 12.2 Å². The van der Waals surface area contributed by atoms with Crippen LogP contribution in [0.15, 0.2) is 42.5 Å². The normalized spacial score (nSPS) is 10.2. The SMILES string of the molecule is CCCOc1ccccc1-c1cccc(=S)[nH]1. The van der Waals surface area contributed by atoms with Crippen LogP contribution in [0, 0.1) is 4.64 Å². The second kappa shape index (κ2) is 5.64. The molecule has 0 saturated heterocycles. The minimum atomic E-state index is 0.727. The first-order valence-electron chi connectivity index (χ1n) is 5.73. The zero-order valence-corrected chi connectivity index (χ0v) is 10.6. The van der Waals surface area contributed by atoms with E-state index in [1.807, 2.05) is 42.5 Å². The molecular weight excluding hydrogens is 230 g/mol. The van der Waals surface area contributed by atoms with Crippen LogP contribution in [-0.4, -0.2) is 11.6 Å². The summed E-state index contributed by atoms with van der Waals surface area (Å²) in [6.07, 6.45) is 0.999. The average molecular weight is 245 g/mol. The molecule has 0 amide bonds. The third kappa shape index (κ3) is 2.94. The summed E-state index contributed by atoms with van der Waals surface area (Å²) in [6, 6.07) is 13.8. The molecule has 0 bridgehead atoms. The van der Waals surface area contributed by atoms with Crippen LogP contribution in [0.25, 0.3) is 11.3 Å². The third-order valence-corrected chi connectivity index (χ3v) is 2.65. The summed E-state index contributed by atoms with van der Waals surface area (Å²) in [4.78, 5) is 3.18. The fourth-order valence-electron chi connectivity index (χ4n) is 1.63. The van der Waals surface area contributed by atoms with E-state index in [0.29, 0.717) is 0 Å². The molecule has 3 heteroatoms. The van der Waals surface area contributed by atoms with Gasteiger partial charge in [0, 0.05) is 5.56 Å². The number of hydrogen-bond acceptors (Lipinski definition) is 2. The first-order valence-corrected chi connectivity index (χ1v) is 6.13. The Bertz CT molecular complexity index is 548. The molecule has 0 aliphatic rings. The van der Waals surface area contributed by atoms with Crippen molar-refractivity contribution < 1.29 is 4.74 Å². The van der Waals surface area contributed by atoms with Crippen LogP contribution in [-0.2, 0) is 0 Å². The van der Waals surface area contributed by atoms with Crippen LogP contribution in [0.3, 0.4) is 0 Å². The Hall–Kier alpha value is -1.61. The molecule has 88 valence electrons. The number of ether oxygens (including phenoxy) is 1. The Balaban J connectivity index is 2.40. The number of para-hydroxylation sites is 1. The van der Waals surface area contributed by atoms with Gasteiger partial charge in [-0.1, -0.05) is 37.3 Å². The lowest BCUT2D eigenvalue weighted by atomic mass is 10.1. The van der Waals surface area contributed by atoms with Crippen molar-refractivity contribution in [2.24, 2.45) is 0 Å². The molecule has 0 saturated carbocycles. The van der Waals surface area contributed by atoms with Crippen LogP contribution >= 0.6 is 12.2 Å². The zero-order valence-electron chi connectivity index (χ0n) is 9.77. The molecule has 2 rings (SSSR count). The number of hydrogen-bond donors (Lipinski definition) is 1. The number of rotatable bonds is 4. The maximum Gasteiger partial charge on any atom is 0.128 e. The van der Waals surface area contributed by atoms with Crippen LogP contribution in [0.4, 0.5) is 0 Å². The molecule has 2 aromatic rings. The molecule has 2 nitrogen and oxygen atoms in total. The second-order valence-electron chi connectivity index (χ2n) is 3.77. The minimum absolute atomic E-state index is 0.727. The molecule has 1 N–H and O–H groups in total. The van der Waals surface area contributed by atoms with Gasteiger partial charge in [0.05, 0.1) is 12.3 Å². The Labute approximate surface area is 106 Å². The van der Waals surface area contributed by atoms with Crippen molar-refractivity contribution in [3.8, 4) is 17.0 Å². The average Bonchev–Trinajstić information content (AvgIpc) is 2.37. The smallest absolute Gasteiger partial charge is 0.128 e. The van der Waals surface area contributed by atoms with Gasteiger partial charge >= 0.3 is 0 Å². The van der Waals surface area contributed by atoms with E-state index in [0.717, 1.165) is 34.7 Å². The molecule has 1 heterocycles. The maximum atomic E-state index is 5.73. The fraction of sp³-hybridized carbons (Fsp3) is 0.214. The van der Waals surface area contributed by atoms with Crippen LogP contribution < -0.4 is 4.74 Å². The van der Waals surface area contributed by atoms with E-state index in [-0.39, 0.29) is 0 Å². The summed E-state index contributed by atoms with van der Waals surface area (Å²) in [6.45, 7) is 2.82. The first kappa shape index (κ1) is 11.9. The van der Waals surface area contributed by atoms with Gasteiger partial charge in [-0.25, -0.2) is 0 Å². The fourth-order valence-corrected chi connectivity index (χ4v) is 1.82. The van der Waals surface area contributed by atoms with Crippen molar-refractivity contribution in [1.82, 2.24) is 4.98 Å². The van der Waals surface area contributed by atoms with Gasteiger partial charge in [-0.15, -0.1) is 0 Å². The number of pyridine rings is 1. The molecule has 1 aromatic heterocycles. The van der Waals surface area contributed by atoms with E-state index in [1.165, 1.54) is 0 Å². The molecule has 0 atom stereocenters. The summed E-state index contributed by atoms with van der Waals surface area (Å²) >= 11 is 5.13. The number of H-pyrrole nitrogens is 1. The summed E-state index contributed by atoms with van der Waals surface area (Å²) in [5.41, 5.74) is 2.04. The summed E-state index contributed by atoms with van der Waals surface area (Å²) < 4.78 is 6.46. The quantitative estimate of drug-likeness (QED) is 0.817. The summed E-state index contributed by atoms with van der Waals surface area (Å²) in [5.74, 6) is 0.895. The van der Waals surface area contributed by atoms with Crippen LogP contribution in [0.2, 0.25) is 0 Å². The Morgan fingerprint density at radius 3 is 2.71 bits per heavy atom. The number of benzene rings is 1. The highest BCUT2D eigenvalue weighted by Crippen LogP contribution is 2.28. The lowest BCUT2D eigenvalue weighted by Crippen LogP contribution is -1.97. The summed E-state index contributed by atoms with van der Waals surface area (Å²) in [7, 11) is 0. The Morgan fingerprint density at radius 2 is 1.94 bits per heavy atom. The van der Waals surface area contributed by atoms with Crippen molar-refractivity contribution in [2.45, 2.75) is 13.3 Å². The molecule has 0 aliphatic heterocycles. The summed E-state index contributed by atoms with van der Waals surface area (Å²) in [5, 5.41) is 0. The Morgan fingerprint density at radius 1 is 1.12 bits per heavy atom. The molecule has 0 aliphatic carbocycles. The third-order valence-electron chi connectivity index (χ3n) is 2.41. The number of aromatic amines is 1. The lowest BCUT2D eigenvalue weighted by Gasteiger charge is -2.10. The first-order chi connectivity index (χ1) is 8.31. The van der Waals surface area contributed by atoms with E-state index in [2.05, 4.69) is 11.9 Å². The van der Waals surface area contributed by atoms with Crippen molar-refractivity contribution in [3.05, 3.63) is 47.1 Å². The van der Waals surface area contributed by atoms with E-state index in [1.54, 1.807) is 0 Å². The van der Waals surface area contributed by atoms with Crippen LogP contribution in [0.5, 0.6) is 5.75 Å². The van der Waals surface area contributed by atoms with Gasteiger partial charge in [-0.05, 0) is 30.7 Å². The molecule has 0 fully saturated rings. The molecule has 0 radical (unpaired) electrons. The highest BCUT2D eigenvalue weighted by molar-refractivity contribution is 7.71. The molecule has 1 aromatic carbocycles. The monoisotopic (exact) mass is 245 g/mol. The predicted molar refractivity (Wildman–Crippen MR) is 72.8 cm³/mol. The van der Waals surface area contributed by atoms with Gasteiger partial charge in [-0.3, -0.25) is 0 Å². The predicted octanol–water partition coefficient (Wildman–Crippen LogP) is 4.20. The highest BCUT2D eigenvalue weighted by Gasteiger charge is 2.05. The zero-order chi connectivity index (χ0) is 12.1. The highest BCUT2D eigenvalue weighted by atomic mass is 32.1. The molecule has 17 heavy (non-hydrogen) atoms. The Kier molecular flexibility index (Phi) is 3.94. The largest absolute Gasteiger partial charge is 0.493 e. The van der Waals surface area contributed by atoms with E-state index in [9.17, 15) is 0 Å².